The summed E-state index contributed by atoms with van der Waals surface area (Å²) >= 11 is 14.0. The molecule has 0 aliphatic rings. The van der Waals surface area contributed by atoms with Gasteiger partial charge in [-0.25, -0.2) is 0 Å². The van der Waals surface area contributed by atoms with Gasteiger partial charge in [0, 0.05) is 29.0 Å². The molecule has 0 aliphatic carbocycles. The maximum Gasteiger partial charge on any atom is 0.0400 e. The third kappa shape index (κ3) is 6.62. The molecule has 4 heteroatoms. The fourth-order valence-electron chi connectivity index (χ4n) is 3.28. The zero-order valence-corrected chi connectivity index (χ0v) is 24.1. The van der Waals surface area contributed by atoms with E-state index in [1.807, 2.05) is 48.5 Å². The third-order valence-electron chi connectivity index (χ3n) is 4.97. The Morgan fingerprint density at radius 2 is 0.559 bits per heavy atom. The molecule has 0 N–H and O–H groups in total. The van der Waals surface area contributed by atoms with E-state index in [2.05, 4.69) is 135 Å². The maximum absolute atomic E-state index is 3.51. The number of rotatable bonds is 4. The molecule has 0 radical (unpaired) electrons. The topological polar surface area (TPSA) is 0 Å². The number of benzene rings is 4. The van der Waals surface area contributed by atoms with Crippen molar-refractivity contribution in [2.75, 3.05) is 0 Å². The Labute approximate surface area is 233 Å². The van der Waals surface area contributed by atoms with E-state index in [1.54, 1.807) is 0 Å². The number of hydrogen-bond donors (Lipinski definition) is 0. The van der Waals surface area contributed by atoms with Crippen molar-refractivity contribution in [3.05, 3.63) is 160 Å². The molecule has 0 saturated heterocycles. The molecule has 0 amide bonds. The van der Waals surface area contributed by atoms with Gasteiger partial charge >= 0.3 is 0 Å². The first-order valence-corrected chi connectivity index (χ1v) is 13.5. The van der Waals surface area contributed by atoms with Gasteiger partial charge in [0.25, 0.3) is 0 Å². The average Bonchev–Trinajstić information content (AvgIpc) is 2.85. The van der Waals surface area contributed by atoms with Gasteiger partial charge in [-0.3, -0.25) is 0 Å². The van der Waals surface area contributed by atoms with E-state index >= 15 is 0 Å². The summed E-state index contributed by atoms with van der Waals surface area (Å²) < 4.78 is 4.12. The summed E-state index contributed by atoms with van der Waals surface area (Å²) in [5.41, 5.74) is 18.8. The molecule has 0 bridgehead atoms. The molecule has 0 aromatic heterocycles. The van der Waals surface area contributed by atoms with Crippen LogP contribution in [0.15, 0.2) is 138 Å². The van der Waals surface area contributed by atoms with E-state index in [0.717, 1.165) is 51.3 Å². The van der Waals surface area contributed by atoms with Gasteiger partial charge in [-0.05, 0) is 82.2 Å². The highest BCUT2D eigenvalue weighted by atomic mass is 79.9. The highest BCUT2D eigenvalue weighted by Crippen LogP contribution is 2.26. The summed E-state index contributed by atoms with van der Waals surface area (Å²) in [7, 11) is 0. The fourth-order valence-corrected chi connectivity index (χ4v) is 4.33. The Morgan fingerprint density at radius 1 is 0.353 bits per heavy atom. The molecule has 34 heavy (non-hydrogen) atoms. The van der Waals surface area contributed by atoms with Crippen LogP contribution in [0, 0.1) is 0 Å². The predicted molar refractivity (Wildman–Crippen MR) is 156 cm³/mol. The SMILES string of the molecule is Brc1ccc(C(=C=C=C=C=C(c2ccc(Br)cc2)c2ccc(Br)cc2)c2ccc(Br)cc2)cc1. The number of halogens is 4. The van der Waals surface area contributed by atoms with E-state index in [4.69, 9.17) is 0 Å². The second-order valence-corrected chi connectivity index (χ2v) is 10.9. The van der Waals surface area contributed by atoms with Gasteiger partial charge in [-0.15, -0.1) is 0 Å². The highest BCUT2D eigenvalue weighted by molar-refractivity contribution is 9.11. The first-order valence-electron chi connectivity index (χ1n) is 10.3. The quantitative estimate of drug-likeness (QED) is 0.187. The first-order chi connectivity index (χ1) is 16.5. The van der Waals surface area contributed by atoms with Crippen molar-refractivity contribution >= 4 is 74.9 Å². The Hall–Kier alpha value is -2.34. The van der Waals surface area contributed by atoms with Gasteiger partial charge in [0.15, 0.2) is 0 Å². The van der Waals surface area contributed by atoms with Gasteiger partial charge in [0.1, 0.15) is 0 Å². The summed E-state index contributed by atoms with van der Waals surface area (Å²) in [5, 5.41) is 0. The average molecular weight is 696 g/mol. The van der Waals surface area contributed by atoms with Crippen LogP contribution in [0.1, 0.15) is 22.3 Å². The Kier molecular flexibility index (Phi) is 8.65. The highest BCUT2D eigenvalue weighted by Gasteiger charge is 2.06. The van der Waals surface area contributed by atoms with Gasteiger partial charge in [-0.2, -0.15) is 0 Å². The van der Waals surface area contributed by atoms with Crippen molar-refractivity contribution < 1.29 is 0 Å². The standard InChI is InChI=1S/C30H16Br4/c31-25-13-5-21(6-14-25)29(22-7-15-26(32)16-8-22)3-1-2-4-30(23-9-17-27(33)18-10-23)24-11-19-28(34)20-12-24/h5-20H. The van der Waals surface area contributed by atoms with Crippen LogP contribution in [0.4, 0.5) is 0 Å². The van der Waals surface area contributed by atoms with Crippen molar-refractivity contribution in [1.29, 1.82) is 0 Å². The zero-order chi connectivity index (χ0) is 23.9. The lowest BCUT2D eigenvalue weighted by atomic mass is 9.99. The van der Waals surface area contributed by atoms with Crippen LogP contribution in [0.25, 0.3) is 11.1 Å². The van der Waals surface area contributed by atoms with Crippen molar-refractivity contribution in [2.24, 2.45) is 0 Å². The lowest BCUT2D eigenvalue weighted by Crippen LogP contribution is -1.86. The van der Waals surface area contributed by atoms with Crippen molar-refractivity contribution in [2.45, 2.75) is 0 Å². The fraction of sp³-hybridized carbons (Fsp3) is 0. The zero-order valence-electron chi connectivity index (χ0n) is 17.7. The normalized spacial score (nSPS) is 9.88. The minimum absolute atomic E-state index is 0.933. The molecule has 164 valence electrons. The summed E-state index contributed by atoms with van der Waals surface area (Å²) in [6, 6.07) is 32.7. The van der Waals surface area contributed by atoms with E-state index in [0.29, 0.717) is 0 Å². The lowest BCUT2D eigenvalue weighted by molar-refractivity contribution is 1.52. The van der Waals surface area contributed by atoms with Crippen LogP contribution in [0.5, 0.6) is 0 Å². The molecule has 4 aromatic carbocycles. The summed E-state index contributed by atoms with van der Waals surface area (Å²) in [4.78, 5) is 0. The van der Waals surface area contributed by atoms with E-state index in [-0.39, 0.29) is 0 Å². The van der Waals surface area contributed by atoms with Crippen LogP contribution >= 0.6 is 63.7 Å². The molecule has 0 saturated carbocycles. The van der Waals surface area contributed by atoms with Gasteiger partial charge in [-0.1, -0.05) is 124 Å². The van der Waals surface area contributed by atoms with E-state index in [1.165, 1.54) is 0 Å². The number of hydrogen-bond acceptors (Lipinski definition) is 0. The Bertz CT molecular complexity index is 1260. The Balaban J connectivity index is 1.94. The van der Waals surface area contributed by atoms with Gasteiger partial charge < -0.3 is 0 Å². The Morgan fingerprint density at radius 3 is 0.765 bits per heavy atom. The lowest BCUT2D eigenvalue weighted by Gasteiger charge is -2.06. The molecule has 0 spiro atoms. The molecule has 0 atom stereocenters. The minimum Gasteiger partial charge on any atom is -0.0526 e. The summed E-state index contributed by atoms with van der Waals surface area (Å²) in [6.45, 7) is 0. The van der Waals surface area contributed by atoms with Crippen LogP contribution in [0.3, 0.4) is 0 Å². The molecule has 0 aliphatic heterocycles. The predicted octanol–water partition coefficient (Wildman–Crippen LogP) is 10.4. The molecule has 0 heterocycles. The molecule has 4 aromatic rings. The molecule has 0 nitrogen and oxygen atoms in total. The van der Waals surface area contributed by atoms with E-state index in [9.17, 15) is 0 Å². The molecule has 0 fully saturated rings. The molecule has 4 rings (SSSR count). The van der Waals surface area contributed by atoms with Crippen molar-refractivity contribution in [3.63, 3.8) is 0 Å². The van der Waals surface area contributed by atoms with Gasteiger partial charge in [0.05, 0.1) is 0 Å². The second kappa shape index (κ2) is 11.9. The molecular formula is C30H16Br4. The van der Waals surface area contributed by atoms with Crippen LogP contribution in [0.2, 0.25) is 0 Å². The van der Waals surface area contributed by atoms with Crippen molar-refractivity contribution in [3.8, 4) is 0 Å². The monoisotopic (exact) mass is 692 g/mol. The van der Waals surface area contributed by atoms with Gasteiger partial charge in [0.2, 0.25) is 0 Å². The summed E-state index contributed by atoms with van der Waals surface area (Å²) in [6.07, 6.45) is 0. The van der Waals surface area contributed by atoms with Crippen LogP contribution < -0.4 is 0 Å². The second-order valence-electron chi connectivity index (χ2n) is 7.28. The summed E-state index contributed by atoms with van der Waals surface area (Å²) in [5.74, 6) is 0. The first kappa shape index (κ1) is 24.8. The largest absolute Gasteiger partial charge is 0.0526 e. The van der Waals surface area contributed by atoms with Crippen LogP contribution in [-0.4, -0.2) is 0 Å². The van der Waals surface area contributed by atoms with Crippen molar-refractivity contribution in [1.82, 2.24) is 0 Å². The van der Waals surface area contributed by atoms with E-state index < -0.39 is 0 Å². The molecule has 0 unspecified atom stereocenters. The third-order valence-corrected chi connectivity index (χ3v) is 7.08. The maximum atomic E-state index is 3.51. The van der Waals surface area contributed by atoms with Crippen LogP contribution in [-0.2, 0) is 0 Å². The smallest absolute Gasteiger partial charge is 0.0400 e. The molecular weight excluding hydrogens is 680 g/mol. The minimum atomic E-state index is 0.933.